The van der Waals surface area contributed by atoms with Crippen LogP contribution in [0.1, 0.15) is 43.6 Å². The average Bonchev–Trinajstić information content (AvgIpc) is 3.58. The Hall–Kier alpha value is -2.59. The van der Waals surface area contributed by atoms with Crippen LogP contribution >= 0.6 is 23.1 Å². The van der Waals surface area contributed by atoms with Crippen LogP contribution in [0.2, 0.25) is 0 Å². The lowest BCUT2D eigenvalue weighted by Crippen LogP contribution is -2.44. The molecule has 0 radical (unpaired) electrons. The Labute approximate surface area is 217 Å². The molecule has 2 aromatic rings. The number of anilines is 1. The van der Waals surface area contributed by atoms with E-state index in [9.17, 15) is 24.3 Å². The predicted molar refractivity (Wildman–Crippen MR) is 137 cm³/mol. The number of carbonyl (C=O) groups is 3. The van der Waals surface area contributed by atoms with Crippen molar-refractivity contribution in [2.75, 3.05) is 18.0 Å². The van der Waals surface area contributed by atoms with Gasteiger partial charge in [-0.05, 0) is 62.6 Å². The van der Waals surface area contributed by atoms with Crippen molar-refractivity contribution in [2.45, 2.75) is 49.4 Å². The third kappa shape index (κ3) is 3.19. The molecule has 8 atom stereocenters. The number of benzene rings is 1. The first-order valence-corrected chi connectivity index (χ1v) is 14.3. The van der Waals surface area contributed by atoms with E-state index in [4.69, 9.17) is 0 Å². The Bertz CT molecular complexity index is 1300. The smallest absolute Gasteiger partial charge is 0.326 e. The molecule has 190 valence electrons. The van der Waals surface area contributed by atoms with Crippen LogP contribution in [-0.4, -0.2) is 57.2 Å². The number of fused-ring (bicyclic) bond motifs is 9. The van der Waals surface area contributed by atoms with Crippen molar-refractivity contribution in [2.24, 2.45) is 29.6 Å². The molecule has 2 bridgehead atoms. The number of thiazole rings is 1. The van der Waals surface area contributed by atoms with Crippen molar-refractivity contribution in [1.29, 1.82) is 0 Å². The summed E-state index contributed by atoms with van der Waals surface area (Å²) >= 11 is 2.88. The van der Waals surface area contributed by atoms with E-state index in [1.165, 1.54) is 18.3 Å². The van der Waals surface area contributed by atoms with Crippen LogP contribution in [0.5, 0.6) is 0 Å². The maximum atomic E-state index is 13.5. The number of thioether (sulfide) groups is 1. The maximum absolute atomic E-state index is 13.5. The van der Waals surface area contributed by atoms with Gasteiger partial charge in [0.05, 0.1) is 16.9 Å². The molecule has 36 heavy (non-hydrogen) atoms. The Morgan fingerprint density at radius 2 is 1.75 bits per heavy atom. The Kier molecular flexibility index (Phi) is 5.60. The van der Waals surface area contributed by atoms with E-state index in [1.807, 2.05) is 0 Å². The summed E-state index contributed by atoms with van der Waals surface area (Å²) in [5.41, 5.74) is 2.27. The van der Waals surface area contributed by atoms with Crippen LogP contribution in [0.15, 0.2) is 34.1 Å². The molecule has 2 N–H and O–H groups in total. The molecule has 1 aromatic carbocycles. The highest BCUT2D eigenvalue weighted by molar-refractivity contribution is 8.00. The zero-order chi connectivity index (χ0) is 25.5. The number of aliphatic carboxylic acids is 1. The summed E-state index contributed by atoms with van der Waals surface area (Å²) in [6.07, 6.45) is 0.789. The second-order valence-corrected chi connectivity index (χ2v) is 12.5. The third-order valence-electron chi connectivity index (χ3n) is 8.88. The molecule has 0 unspecified atom stereocenters. The second kappa shape index (κ2) is 8.48. The van der Waals surface area contributed by atoms with E-state index in [0.29, 0.717) is 0 Å². The molecule has 1 aromatic heterocycles. The molecular formula is C26H29N3O5S2. The van der Waals surface area contributed by atoms with Gasteiger partial charge in [-0.1, -0.05) is 23.5 Å². The normalized spacial score (nSPS) is 32.9. The van der Waals surface area contributed by atoms with Gasteiger partial charge in [-0.2, -0.15) is 0 Å². The molecule has 0 spiro atoms. The molecular weight excluding hydrogens is 498 g/mol. The lowest BCUT2D eigenvalue weighted by atomic mass is 9.68. The molecule has 4 aliphatic rings. The first kappa shape index (κ1) is 23.8. The number of amides is 2. The lowest BCUT2D eigenvalue weighted by Gasteiger charge is -2.43. The molecule has 2 aliphatic carbocycles. The third-order valence-corrected chi connectivity index (χ3v) is 11.5. The average molecular weight is 528 g/mol. The largest absolute Gasteiger partial charge is 0.480 e. The fourth-order valence-electron chi connectivity index (χ4n) is 7.39. The van der Waals surface area contributed by atoms with Gasteiger partial charge >= 0.3 is 10.8 Å². The van der Waals surface area contributed by atoms with Gasteiger partial charge in [0.25, 0.3) is 0 Å². The van der Waals surface area contributed by atoms with E-state index >= 15 is 0 Å². The van der Waals surface area contributed by atoms with E-state index in [1.54, 1.807) is 11.8 Å². The number of nitrogens with zero attached hydrogens (tertiary/aromatic N) is 2. The highest BCUT2D eigenvalue weighted by atomic mass is 32.2. The van der Waals surface area contributed by atoms with Crippen LogP contribution in [0.4, 0.5) is 5.69 Å². The van der Waals surface area contributed by atoms with Gasteiger partial charge < -0.3 is 15.0 Å². The topological polar surface area (TPSA) is 111 Å². The van der Waals surface area contributed by atoms with Gasteiger partial charge in [-0.15, -0.1) is 11.8 Å². The highest BCUT2D eigenvalue weighted by Gasteiger charge is 2.70. The van der Waals surface area contributed by atoms with Crippen molar-refractivity contribution in [1.82, 2.24) is 9.88 Å². The maximum Gasteiger partial charge on any atom is 0.326 e. The Morgan fingerprint density at radius 3 is 2.36 bits per heavy atom. The van der Waals surface area contributed by atoms with E-state index in [2.05, 4.69) is 48.0 Å². The molecule has 2 aliphatic heterocycles. The number of carboxylic acid groups (broad SMARTS) is 1. The standard InChI is InChI=1S/C26H29N3O5S2/c1-4-28(5-2)13-8-6-12(7-9-13)16-17-14-10-15(20(17)35-22-21(16)36-26(34)27-22)19-18(14)23(30)29(24(19)31)11(3)25(32)33/h6-9,11,14-20H,4-5,10H2,1-3H3,(H,27,34)(H,32,33)/t11-,14-,15+,16-,17+,18+,19+,20-/m1/s1. The molecule has 3 heterocycles. The lowest BCUT2D eigenvalue weighted by molar-refractivity contribution is -0.154. The van der Waals surface area contributed by atoms with Crippen LogP contribution in [-0.2, 0) is 14.4 Å². The second-order valence-electron chi connectivity index (χ2n) is 10.3. The summed E-state index contributed by atoms with van der Waals surface area (Å²) in [6, 6.07) is 7.38. The minimum Gasteiger partial charge on any atom is -0.480 e. The summed E-state index contributed by atoms with van der Waals surface area (Å²) in [4.78, 5) is 58.1. The van der Waals surface area contributed by atoms with Crippen LogP contribution in [0.3, 0.4) is 0 Å². The number of carboxylic acids is 1. The van der Waals surface area contributed by atoms with Gasteiger partial charge in [0.2, 0.25) is 11.8 Å². The first-order valence-electron chi connectivity index (χ1n) is 12.6. The molecule has 1 saturated heterocycles. The number of hydrogen-bond acceptors (Lipinski definition) is 7. The number of likely N-dealkylation sites (tertiary alicyclic amines) is 1. The van der Waals surface area contributed by atoms with E-state index < -0.39 is 23.8 Å². The van der Waals surface area contributed by atoms with Crippen LogP contribution in [0.25, 0.3) is 0 Å². The zero-order valence-electron chi connectivity index (χ0n) is 20.3. The van der Waals surface area contributed by atoms with Crippen molar-refractivity contribution >= 4 is 46.6 Å². The highest BCUT2D eigenvalue weighted by Crippen LogP contribution is 2.68. The number of aromatic amines is 1. The van der Waals surface area contributed by atoms with Crippen molar-refractivity contribution < 1.29 is 19.5 Å². The van der Waals surface area contributed by atoms with Gasteiger partial charge in [-0.25, -0.2) is 4.79 Å². The van der Waals surface area contributed by atoms with Gasteiger partial charge in [0, 0.05) is 34.8 Å². The first-order chi connectivity index (χ1) is 17.3. The van der Waals surface area contributed by atoms with E-state index in [-0.39, 0.29) is 45.6 Å². The number of H-pyrrole nitrogens is 1. The number of hydrogen-bond donors (Lipinski definition) is 2. The van der Waals surface area contributed by atoms with Crippen molar-refractivity contribution in [3.8, 4) is 0 Å². The summed E-state index contributed by atoms with van der Waals surface area (Å²) in [6.45, 7) is 7.50. The van der Waals surface area contributed by atoms with Crippen LogP contribution in [0, 0.1) is 29.6 Å². The number of aromatic nitrogens is 1. The fourth-order valence-corrected chi connectivity index (χ4v) is 10.3. The molecule has 6 rings (SSSR count). The number of imide groups is 1. The summed E-state index contributed by atoms with van der Waals surface area (Å²) < 4.78 is 0. The summed E-state index contributed by atoms with van der Waals surface area (Å²) in [5.74, 6) is -2.72. The zero-order valence-corrected chi connectivity index (χ0v) is 22.0. The summed E-state index contributed by atoms with van der Waals surface area (Å²) in [5, 5.41) is 10.5. The molecule has 2 amide bonds. The van der Waals surface area contributed by atoms with Gasteiger partial charge in [0.15, 0.2) is 0 Å². The monoisotopic (exact) mass is 527 g/mol. The molecule has 2 saturated carbocycles. The minimum atomic E-state index is -1.17. The summed E-state index contributed by atoms with van der Waals surface area (Å²) in [7, 11) is 0. The molecule has 8 nitrogen and oxygen atoms in total. The molecule has 3 fully saturated rings. The number of nitrogens with one attached hydrogen (secondary N) is 1. The van der Waals surface area contributed by atoms with Crippen LogP contribution < -0.4 is 9.77 Å². The van der Waals surface area contributed by atoms with Gasteiger partial charge in [0.1, 0.15) is 6.04 Å². The molecule has 10 heteroatoms. The van der Waals surface area contributed by atoms with Crippen molar-refractivity contribution in [3.63, 3.8) is 0 Å². The van der Waals surface area contributed by atoms with E-state index in [0.717, 1.165) is 45.6 Å². The minimum absolute atomic E-state index is 0.00792. The predicted octanol–water partition coefficient (Wildman–Crippen LogP) is 3.23. The SMILES string of the molecule is CCN(CC)c1ccc([C@H]2c3sc(=O)[nH]c3S[C@@H]3[C@H]4C[C@@H]([C@@H]5C(=O)N([C@H](C)C(=O)O)C(=O)[C@@H]45)[C@@H]23)cc1. The quantitative estimate of drug-likeness (QED) is 0.555. The van der Waals surface area contributed by atoms with Gasteiger partial charge in [-0.3, -0.25) is 19.3 Å². The Morgan fingerprint density at radius 1 is 1.11 bits per heavy atom. The number of rotatable bonds is 6. The Balaban J connectivity index is 1.41. The number of carbonyl (C=O) groups excluding carboxylic acids is 2. The van der Waals surface area contributed by atoms with Crippen molar-refractivity contribution in [3.05, 3.63) is 44.4 Å². The fraction of sp³-hybridized carbons (Fsp3) is 0.538.